The summed E-state index contributed by atoms with van der Waals surface area (Å²) in [6.07, 6.45) is 0.733. The van der Waals surface area contributed by atoms with Crippen LogP contribution in [0.25, 0.3) is 5.53 Å². The molecule has 0 bridgehead atoms. The SMILES string of the molecule is CN(C)CC(=O)N[C@@H](Cc1ccccc1)C(=O)N[C@@H](CCC(=O)C=[N+]=[N-])C(=O)OC(C)(C)C. The largest absolute Gasteiger partial charge is 0.458 e. The predicted molar refractivity (Wildman–Crippen MR) is 122 cm³/mol. The molecule has 10 nitrogen and oxygen atoms in total. The molecule has 0 unspecified atom stereocenters. The van der Waals surface area contributed by atoms with Crippen LogP contribution in [0.1, 0.15) is 39.2 Å². The maximum Gasteiger partial charge on any atom is 0.329 e. The monoisotopic (exact) mass is 459 g/mol. The van der Waals surface area contributed by atoms with Gasteiger partial charge in [0.05, 0.1) is 6.54 Å². The van der Waals surface area contributed by atoms with Crippen LogP contribution in [0.5, 0.6) is 0 Å². The molecule has 2 amide bonds. The van der Waals surface area contributed by atoms with Crippen molar-refractivity contribution in [2.75, 3.05) is 20.6 Å². The van der Waals surface area contributed by atoms with Crippen LogP contribution >= 0.6 is 0 Å². The third-order valence-electron chi connectivity index (χ3n) is 4.28. The average Bonchev–Trinajstić information content (AvgIpc) is 2.69. The van der Waals surface area contributed by atoms with Crippen molar-refractivity contribution in [3.8, 4) is 0 Å². The highest BCUT2D eigenvalue weighted by molar-refractivity contribution is 6.25. The maximum absolute atomic E-state index is 13.1. The third kappa shape index (κ3) is 11.7. The third-order valence-corrected chi connectivity index (χ3v) is 4.28. The number of carbonyl (C=O) groups excluding carboxylic acids is 4. The molecule has 1 rings (SSSR count). The van der Waals surface area contributed by atoms with E-state index in [2.05, 4.69) is 15.4 Å². The molecule has 180 valence electrons. The number of ketones is 1. The van der Waals surface area contributed by atoms with Gasteiger partial charge in [-0.15, -0.1) is 0 Å². The number of Topliss-reactive ketones (excluding diaryl/α,β-unsaturated/α-hetero) is 1. The Morgan fingerprint density at radius 2 is 1.73 bits per heavy atom. The number of benzene rings is 1. The van der Waals surface area contributed by atoms with E-state index >= 15 is 0 Å². The lowest BCUT2D eigenvalue weighted by atomic mass is 10.0. The second kappa shape index (κ2) is 13.2. The van der Waals surface area contributed by atoms with E-state index in [0.29, 0.717) is 0 Å². The molecule has 0 spiro atoms. The highest BCUT2D eigenvalue weighted by atomic mass is 16.6. The number of nitrogens with zero attached hydrogens (tertiary/aromatic N) is 3. The number of amides is 2. The van der Waals surface area contributed by atoms with Crippen molar-refractivity contribution < 1.29 is 28.7 Å². The summed E-state index contributed by atoms with van der Waals surface area (Å²) in [5.74, 6) is -2.15. The smallest absolute Gasteiger partial charge is 0.329 e. The summed E-state index contributed by atoms with van der Waals surface area (Å²) < 4.78 is 5.38. The van der Waals surface area contributed by atoms with Gasteiger partial charge in [0, 0.05) is 12.8 Å². The van der Waals surface area contributed by atoms with Crippen molar-refractivity contribution in [1.82, 2.24) is 15.5 Å². The molecule has 1 aromatic rings. The summed E-state index contributed by atoms with van der Waals surface area (Å²) in [4.78, 5) is 54.2. The first kappa shape index (κ1) is 27.7. The molecule has 33 heavy (non-hydrogen) atoms. The molecule has 2 N–H and O–H groups in total. The summed E-state index contributed by atoms with van der Waals surface area (Å²) in [7, 11) is 3.47. The zero-order valence-electron chi connectivity index (χ0n) is 19.8. The van der Waals surface area contributed by atoms with Gasteiger partial charge in [0.25, 0.3) is 0 Å². The molecule has 2 atom stereocenters. The first-order valence-electron chi connectivity index (χ1n) is 10.6. The van der Waals surface area contributed by atoms with E-state index < -0.39 is 35.3 Å². The molecule has 0 fully saturated rings. The van der Waals surface area contributed by atoms with Crippen LogP contribution < -0.4 is 10.6 Å². The molecule has 0 aliphatic carbocycles. The van der Waals surface area contributed by atoms with Gasteiger partial charge in [0.2, 0.25) is 17.6 Å². The lowest BCUT2D eigenvalue weighted by Gasteiger charge is -2.26. The molecule has 0 aromatic heterocycles. The standard InChI is InChI=1S/C23H33N5O5/c1-23(2,3)33-22(32)18(12-11-17(29)14-25-24)27-21(31)19(26-20(30)15-28(4)5)13-16-9-7-6-8-10-16/h6-10,14,18-19H,11-13,15H2,1-5H3,(H,26,30)(H,27,31)/t18-,19-/m0/s1. The fourth-order valence-electron chi connectivity index (χ4n) is 2.90. The molecule has 0 saturated heterocycles. The van der Waals surface area contributed by atoms with Crippen LogP contribution in [0.2, 0.25) is 0 Å². The van der Waals surface area contributed by atoms with Gasteiger partial charge in [-0.05, 0) is 46.9 Å². The van der Waals surface area contributed by atoms with E-state index in [9.17, 15) is 19.2 Å². The van der Waals surface area contributed by atoms with Gasteiger partial charge in [-0.3, -0.25) is 14.4 Å². The van der Waals surface area contributed by atoms with E-state index in [1.54, 1.807) is 39.8 Å². The molecule has 1 aromatic carbocycles. The molecule has 0 aliphatic heterocycles. The first-order valence-corrected chi connectivity index (χ1v) is 10.6. The molecular formula is C23H33N5O5. The maximum atomic E-state index is 13.1. The van der Waals surface area contributed by atoms with Crippen LogP contribution in [-0.4, -0.2) is 77.8 Å². The van der Waals surface area contributed by atoms with E-state index in [-0.39, 0.29) is 31.7 Å². The number of carbonyl (C=O) groups is 4. The molecule has 0 heterocycles. The number of likely N-dealkylation sites (N-methyl/N-ethyl adjacent to an activating group) is 1. The van der Waals surface area contributed by atoms with Gasteiger partial charge >= 0.3 is 12.2 Å². The van der Waals surface area contributed by atoms with Crippen molar-refractivity contribution in [1.29, 1.82) is 0 Å². The van der Waals surface area contributed by atoms with Crippen LogP contribution in [0.4, 0.5) is 0 Å². The number of nitrogens with one attached hydrogen (secondary N) is 2. The molecule has 0 saturated carbocycles. The fraction of sp³-hybridized carbons (Fsp3) is 0.522. The Morgan fingerprint density at radius 1 is 1.09 bits per heavy atom. The Bertz CT molecular complexity index is 873. The number of esters is 1. The Kier molecular flexibility index (Phi) is 11.1. The fourth-order valence-corrected chi connectivity index (χ4v) is 2.90. The van der Waals surface area contributed by atoms with Crippen LogP contribution in [0, 0.1) is 0 Å². The van der Waals surface area contributed by atoms with E-state index in [1.807, 2.05) is 30.3 Å². The van der Waals surface area contributed by atoms with Gasteiger partial charge in [-0.2, -0.15) is 4.79 Å². The number of hydrogen-bond donors (Lipinski definition) is 2. The van der Waals surface area contributed by atoms with E-state index in [1.165, 1.54) is 0 Å². The summed E-state index contributed by atoms with van der Waals surface area (Å²) in [6, 6.07) is 7.08. The van der Waals surface area contributed by atoms with Gasteiger partial charge < -0.3 is 25.8 Å². The van der Waals surface area contributed by atoms with Gasteiger partial charge in [0.15, 0.2) is 0 Å². The van der Waals surface area contributed by atoms with E-state index in [0.717, 1.165) is 11.8 Å². The predicted octanol–water partition coefficient (Wildman–Crippen LogP) is 0.752. The van der Waals surface area contributed by atoms with Crippen molar-refractivity contribution in [3.63, 3.8) is 0 Å². The van der Waals surface area contributed by atoms with Gasteiger partial charge in [-0.1, -0.05) is 30.3 Å². The normalized spacial score (nSPS) is 12.8. The highest BCUT2D eigenvalue weighted by Gasteiger charge is 2.30. The van der Waals surface area contributed by atoms with Gasteiger partial charge in [0.1, 0.15) is 17.7 Å². The van der Waals surface area contributed by atoms with Crippen molar-refractivity contribution in [2.45, 2.75) is 57.7 Å². The zero-order valence-corrected chi connectivity index (χ0v) is 19.8. The van der Waals surface area contributed by atoms with E-state index in [4.69, 9.17) is 10.3 Å². The zero-order chi connectivity index (χ0) is 25.0. The van der Waals surface area contributed by atoms with Gasteiger partial charge in [-0.25, -0.2) is 4.79 Å². The van der Waals surface area contributed by atoms with Crippen molar-refractivity contribution in [3.05, 3.63) is 41.4 Å². The molecular weight excluding hydrogens is 426 g/mol. The lowest BCUT2D eigenvalue weighted by molar-refractivity contribution is -0.159. The number of ether oxygens (including phenoxy) is 1. The summed E-state index contributed by atoms with van der Waals surface area (Å²) in [5, 5.41) is 5.32. The van der Waals surface area contributed by atoms with Crippen molar-refractivity contribution in [2.24, 2.45) is 0 Å². The van der Waals surface area contributed by atoms with Crippen LogP contribution in [0.3, 0.4) is 0 Å². The Morgan fingerprint density at radius 3 is 2.27 bits per heavy atom. The quantitative estimate of drug-likeness (QED) is 0.204. The molecule has 0 radical (unpaired) electrons. The topological polar surface area (TPSA) is 141 Å². The second-order valence-electron chi connectivity index (χ2n) is 8.89. The second-order valence-corrected chi connectivity index (χ2v) is 8.89. The Hall–Kier alpha value is -3.36. The Balaban J connectivity index is 3.06. The Labute approximate surface area is 194 Å². The lowest BCUT2D eigenvalue weighted by Crippen LogP contribution is -2.54. The van der Waals surface area contributed by atoms with Crippen molar-refractivity contribution >= 4 is 29.8 Å². The summed E-state index contributed by atoms with van der Waals surface area (Å²) in [5.41, 5.74) is 8.53. The minimum absolute atomic E-state index is 0.0603. The molecule has 10 heteroatoms. The number of hydrogen-bond acceptors (Lipinski definition) is 6. The summed E-state index contributed by atoms with van der Waals surface area (Å²) >= 11 is 0. The minimum atomic E-state index is -1.13. The minimum Gasteiger partial charge on any atom is -0.458 e. The summed E-state index contributed by atoms with van der Waals surface area (Å²) in [6.45, 7) is 5.15. The van der Waals surface area contributed by atoms with Crippen LogP contribution in [0.15, 0.2) is 30.3 Å². The molecule has 0 aliphatic rings. The highest BCUT2D eigenvalue weighted by Crippen LogP contribution is 2.12. The van der Waals surface area contributed by atoms with Crippen LogP contribution in [-0.2, 0) is 30.3 Å². The first-order chi connectivity index (χ1) is 15.4. The average molecular weight is 460 g/mol. The number of rotatable bonds is 12.